The summed E-state index contributed by atoms with van der Waals surface area (Å²) in [6, 6.07) is 8.41. The summed E-state index contributed by atoms with van der Waals surface area (Å²) in [6.07, 6.45) is 0. The second kappa shape index (κ2) is 4.74. The molecule has 2 rings (SSSR count). The number of nitrogens with two attached hydrogens (primary N) is 1. The Morgan fingerprint density at radius 3 is 2.44 bits per heavy atom. The third-order valence-corrected chi connectivity index (χ3v) is 3.62. The highest BCUT2D eigenvalue weighted by atomic mass is 32.1. The summed E-state index contributed by atoms with van der Waals surface area (Å²) in [5.74, 6) is 5.63. The van der Waals surface area contributed by atoms with Crippen LogP contribution in [0.3, 0.4) is 0 Å². The first-order valence-electron chi connectivity index (χ1n) is 5.15. The second-order valence-corrected chi connectivity index (χ2v) is 4.70. The van der Waals surface area contributed by atoms with E-state index in [1.54, 1.807) is 11.3 Å². The van der Waals surface area contributed by atoms with Crippen molar-refractivity contribution in [3.63, 3.8) is 0 Å². The Kier molecular flexibility index (Phi) is 3.33. The van der Waals surface area contributed by atoms with Crippen molar-refractivity contribution < 1.29 is 0 Å². The molecule has 0 aliphatic carbocycles. The van der Waals surface area contributed by atoms with E-state index in [-0.39, 0.29) is 6.04 Å². The predicted octanol–water partition coefficient (Wildman–Crippen LogP) is 2.31. The highest BCUT2D eigenvalue weighted by Gasteiger charge is 2.16. The van der Waals surface area contributed by atoms with Crippen molar-refractivity contribution in [1.29, 1.82) is 0 Å². The van der Waals surface area contributed by atoms with Gasteiger partial charge in [0.25, 0.3) is 0 Å². The molecule has 0 radical (unpaired) electrons. The summed E-state index contributed by atoms with van der Waals surface area (Å²) in [5.41, 5.74) is 8.16. The normalized spacial score (nSPS) is 12.7. The molecule has 84 valence electrons. The number of aryl methyl sites for hydroxylation is 2. The SMILES string of the molecule is Cc1ccc(C(NN)c2scnc2C)cc1. The van der Waals surface area contributed by atoms with E-state index in [4.69, 9.17) is 5.84 Å². The maximum atomic E-state index is 5.63. The third kappa shape index (κ3) is 2.14. The van der Waals surface area contributed by atoms with E-state index in [2.05, 4.69) is 41.6 Å². The Labute approximate surface area is 99.3 Å². The highest BCUT2D eigenvalue weighted by molar-refractivity contribution is 7.09. The van der Waals surface area contributed by atoms with Crippen LogP contribution in [0.4, 0.5) is 0 Å². The van der Waals surface area contributed by atoms with Gasteiger partial charge in [0.05, 0.1) is 22.1 Å². The highest BCUT2D eigenvalue weighted by Crippen LogP contribution is 2.27. The van der Waals surface area contributed by atoms with Crippen molar-refractivity contribution in [3.8, 4) is 0 Å². The average Bonchev–Trinajstić information content (AvgIpc) is 2.69. The number of rotatable bonds is 3. The lowest BCUT2D eigenvalue weighted by Crippen LogP contribution is -2.28. The lowest BCUT2D eigenvalue weighted by Gasteiger charge is -2.15. The van der Waals surface area contributed by atoms with E-state index >= 15 is 0 Å². The first-order chi connectivity index (χ1) is 7.72. The molecule has 0 aliphatic heterocycles. The van der Waals surface area contributed by atoms with Crippen molar-refractivity contribution >= 4 is 11.3 Å². The molecule has 16 heavy (non-hydrogen) atoms. The molecular weight excluding hydrogens is 218 g/mol. The zero-order valence-electron chi connectivity index (χ0n) is 9.40. The van der Waals surface area contributed by atoms with E-state index in [0.29, 0.717) is 0 Å². The number of hydrazine groups is 1. The minimum atomic E-state index is 0.0353. The molecule has 1 atom stereocenters. The molecule has 2 aromatic rings. The molecule has 0 saturated carbocycles. The predicted molar refractivity (Wildman–Crippen MR) is 67.2 cm³/mol. The van der Waals surface area contributed by atoms with Crippen molar-refractivity contribution in [1.82, 2.24) is 10.4 Å². The van der Waals surface area contributed by atoms with Gasteiger partial charge in [0.1, 0.15) is 0 Å². The van der Waals surface area contributed by atoms with Crippen LogP contribution in [0.5, 0.6) is 0 Å². The van der Waals surface area contributed by atoms with Gasteiger partial charge in [-0.3, -0.25) is 5.84 Å². The number of aromatic nitrogens is 1. The Morgan fingerprint density at radius 1 is 1.25 bits per heavy atom. The second-order valence-electron chi connectivity index (χ2n) is 3.81. The number of hydrogen-bond acceptors (Lipinski definition) is 4. The van der Waals surface area contributed by atoms with E-state index < -0.39 is 0 Å². The van der Waals surface area contributed by atoms with E-state index in [9.17, 15) is 0 Å². The Balaban J connectivity index is 2.37. The maximum absolute atomic E-state index is 5.63. The molecular formula is C12H15N3S. The topological polar surface area (TPSA) is 50.9 Å². The zero-order chi connectivity index (χ0) is 11.5. The summed E-state index contributed by atoms with van der Waals surface area (Å²) in [5, 5.41) is 0. The van der Waals surface area contributed by atoms with Crippen LogP contribution in [-0.2, 0) is 0 Å². The van der Waals surface area contributed by atoms with Gasteiger partial charge in [-0.15, -0.1) is 11.3 Å². The van der Waals surface area contributed by atoms with Crippen LogP contribution in [0.25, 0.3) is 0 Å². The fourth-order valence-electron chi connectivity index (χ4n) is 1.67. The van der Waals surface area contributed by atoms with Crippen LogP contribution in [0.15, 0.2) is 29.8 Å². The van der Waals surface area contributed by atoms with Crippen LogP contribution in [0.2, 0.25) is 0 Å². The van der Waals surface area contributed by atoms with Crippen molar-refractivity contribution in [2.45, 2.75) is 19.9 Å². The van der Waals surface area contributed by atoms with Crippen molar-refractivity contribution in [2.75, 3.05) is 0 Å². The van der Waals surface area contributed by atoms with Crippen LogP contribution < -0.4 is 11.3 Å². The molecule has 0 aliphatic rings. The molecule has 4 heteroatoms. The molecule has 0 spiro atoms. The van der Waals surface area contributed by atoms with E-state index in [1.165, 1.54) is 16.0 Å². The molecule has 0 saturated heterocycles. The molecule has 0 bridgehead atoms. The Bertz CT molecular complexity index is 461. The summed E-state index contributed by atoms with van der Waals surface area (Å²) in [7, 11) is 0. The summed E-state index contributed by atoms with van der Waals surface area (Å²) in [6.45, 7) is 4.08. The van der Waals surface area contributed by atoms with Crippen LogP contribution in [-0.4, -0.2) is 4.98 Å². The molecule has 1 heterocycles. The molecule has 1 aromatic carbocycles. The molecule has 0 amide bonds. The van der Waals surface area contributed by atoms with Crippen LogP contribution in [0, 0.1) is 13.8 Å². The quantitative estimate of drug-likeness (QED) is 0.632. The first-order valence-corrected chi connectivity index (χ1v) is 6.03. The summed E-state index contributed by atoms with van der Waals surface area (Å²) in [4.78, 5) is 5.42. The van der Waals surface area contributed by atoms with Gasteiger partial charge in [0.2, 0.25) is 0 Å². The van der Waals surface area contributed by atoms with Crippen molar-refractivity contribution in [2.24, 2.45) is 5.84 Å². The Hall–Kier alpha value is -1.23. The number of hydrogen-bond donors (Lipinski definition) is 2. The number of benzene rings is 1. The summed E-state index contributed by atoms with van der Waals surface area (Å²) >= 11 is 1.63. The van der Waals surface area contributed by atoms with Gasteiger partial charge in [-0.25, -0.2) is 10.4 Å². The summed E-state index contributed by atoms with van der Waals surface area (Å²) < 4.78 is 0. The molecule has 0 fully saturated rings. The van der Waals surface area contributed by atoms with Crippen LogP contribution >= 0.6 is 11.3 Å². The number of nitrogens with one attached hydrogen (secondary N) is 1. The van der Waals surface area contributed by atoms with Gasteiger partial charge in [-0.1, -0.05) is 29.8 Å². The van der Waals surface area contributed by atoms with Gasteiger partial charge >= 0.3 is 0 Å². The molecule has 1 unspecified atom stereocenters. The smallest absolute Gasteiger partial charge is 0.0821 e. The van der Waals surface area contributed by atoms with Gasteiger partial charge in [0.15, 0.2) is 0 Å². The van der Waals surface area contributed by atoms with Crippen molar-refractivity contribution in [3.05, 3.63) is 51.5 Å². The van der Waals surface area contributed by atoms with Crippen LogP contribution in [0.1, 0.15) is 27.7 Å². The lowest BCUT2D eigenvalue weighted by atomic mass is 10.0. The minimum Gasteiger partial charge on any atom is -0.271 e. The largest absolute Gasteiger partial charge is 0.271 e. The third-order valence-electron chi connectivity index (χ3n) is 2.62. The van der Waals surface area contributed by atoms with Gasteiger partial charge in [-0.05, 0) is 19.4 Å². The monoisotopic (exact) mass is 233 g/mol. The van der Waals surface area contributed by atoms with Gasteiger partial charge in [-0.2, -0.15) is 0 Å². The minimum absolute atomic E-state index is 0.0353. The lowest BCUT2D eigenvalue weighted by molar-refractivity contribution is 0.642. The van der Waals surface area contributed by atoms with E-state index in [0.717, 1.165) is 5.69 Å². The van der Waals surface area contributed by atoms with E-state index in [1.807, 2.05) is 12.4 Å². The molecule has 3 N–H and O–H groups in total. The fourth-order valence-corrected chi connectivity index (χ4v) is 2.56. The fraction of sp³-hybridized carbons (Fsp3) is 0.250. The molecule has 3 nitrogen and oxygen atoms in total. The zero-order valence-corrected chi connectivity index (χ0v) is 10.2. The van der Waals surface area contributed by atoms with Gasteiger partial charge in [0, 0.05) is 0 Å². The average molecular weight is 233 g/mol. The van der Waals surface area contributed by atoms with Gasteiger partial charge < -0.3 is 0 Å². The Morgan fingerprint density at radius 2 is 1.94 bits per heavy atom. The molecule has 1 aromatic heterocycles. The first kappa shape index (κ1) is 11.3. The number of thiazole rings is 1. The standard InChI is InChI=1S/C12H15N3S/c1-8-3-5-10(6-4-8)11(15-13)12-9(2)14-7-16-12/h3-7,11,15H,13H2,1-2H3. The maximum Gasteiger partial charge on any atom is 0.0821 e. The number of nitrogens with zero attached hydrogens (tertiary/aromatic N) is 1.